The molecule has 0 N–H and O–H groups in total. The van der Waals surface area contributed by atoms with Gasteiger partial charge in [-0.15, -0.1) is 0 Å². The second kappa shape index (κ2) is 6.66. The molecule has 0 saturated heterocycles. The molecule has 0 saturated carbocycles. The molecule has 0 fully saturated rings. The number of sulfonamides is 1. The Kier molecular flexibility index (Phi) is 5.00. The first-order valence-electron chi connectivity index (χ1n) is 7.09. The molecule has 6 nitrogen and oxygen atoms in total. The van der Waals surface area contributed by atoms with E-state index < -0.39 is 20.8 Å². The number of nitro groups is 1. The number of halogens is 1. The van der Waals surface area contributed by atoms with Gasteiger partial charge in [0.15, 0.2) is 0 Å². The molecule has 0 radical (unpaired) electrons. The van der Waals surface area contributed by atoms with E-state index >= 15 is 0 Å². The summed E-state index contributed by atoms with van der Waals surface area (Å²) in [6.45, 7) is 3.27. The van der Waals surface area contributed by atoms with E-state index in [1.807, 2.05) is 0 Å². The van der Waals surface area contributed by atoms with E-state index in [4.69, 9.17) is 0 Å². The molecule has 0 atom stereocenters. The van der Waals surface area contributed by atoms with Crippen molar-refractivity contribution < 1.29 is 17.7 Å². The minimum absolute atomic E-state index is 0.0315. The number of nitrogens with zero attached hydrogens (tertiary/aromatic N) is 2. The predicted molar refractivity (Wildman–Crippen MR) is 87.6 cm³/mol. The maximum absolute atomic E-state index is 12.9. The van der Waals surface area contributed by atoms with E-state index in [-0.39, 0.29) is 17.1 Å². The second-order valence-electron chi connectivity index (χ2n) is 5.53. The molecule has 0 aliphatic heterocycles. The molecule has 24 heavy (non-hydrogen) atoms. The van der Waals surface area contributed by atoms with Gasteiger partial charge in [0.05, 0.1) is 9.82 Å². The van der Waals surface area contributed by atoms with Crippen LogP contribution in [0.5, 0.6) is 0 Å². The first kappa shape index (κ1) is 18.0. The highest BCUT2D eigenvalue weighted by molar-refractivity contribution is 7.89. The molecule has 0 bridgehead atoms. The Morgan fingerprint density at radius 2 is 1.75 bits per heavy atom. The molecule has 2 rings (SSSR count). The van der Waals surface area contributed by atoms with Crippen LogP contribution in [-0.4, -0.2) is 24.7 Å². The normalized spacial score (nSPS) is 11.7. The van der Waals surface area contributed by atoms with Crippen LogP contribution in [0, 0.1) is 29.8 Å². The van der Waals surface area contributed by atoms with Crippen molar-refractivity contribution >= 4 is 15.7 Å². The maximum Gasteiger partial charge on any atom is 0.271 e. The SMILES string of the molecule is Cc1cc([N+](=O)[O-])cc(S(=O)(=O)N(C)Cc2ccc(F)cc2)c1C. The highest BCUT2D eigenvalue weighted by atomic mass is 32.2. The van der Waals surface area contributed by atoms with Crippen LogP contribution in [0.2, 0.25) is 0 Å². The lowest BCUT2D eigenvalue weighted by molar-refractivity contribution is -0.385. The van der Waals surface area contributed by atoms with Crippen molar-refractivity contribution in [3.63, 3.8) is 0 Å². The molecule has 2 aromatic rings. The smallest absolute Gasteiger partial charge is 0.258 e. The Balaban J connectivity index is 2.42. The Labute approximate surface area is 139 Å². The molecule has 0 heterocycles. The van der Waals surface area contributed by atoms with Gasteiger partial charge in [-0.3, -0.25) is 10.1 Å². The van der Waals surface area contributed by atoms with Crippen molar-refractivity contribution in [2.75, 3.05) is 7.05 Å². The number of rotatable bonds is 5. The Morgan fingerprint density at radius 3 is 2.29 bits per heavy atom. The molecule has 2 aromatic carbocycles. The lowest BCUT2D eigenvalue weighted by Gasteiger charge is -2.19. The first-order chi connectivity index (χ1) is 11.1. The number of benzene rings is 2. The topological polar surface area (TPSA) is 80.5 Å². The molecule has 0 aliphatic rings. The van der Waals surface area contributed by atoms with Crippen molar-refractivity contribution in [1.29, 1.82) is 0 Å². The number of aryl methyl sites for hydroxylation is 1. The predicted octanol–water partition coefficient (Wildman–Crippen LogP) is 3.17. The second-order valence-corrected chi connectivity index (χ2v) is 7.54. The van der Waals surface area contributed by atoms with Crippen molar-refractivity contribution in [1.82, 2.24) is 4.31 Å². The van der Waals surface area contributed by atoms with Crippen molar-refractivity contribution in [3.05, 3.63) is 69.0 Å². The third-order valence-corrected chi connectivity index (χ3v) is 5.75. The van der Waals surface area contributed by atoms with Crippen LogP contribution in [0.4, 0.5) is 10.1 Å². The number of hydrogen-bond donors (Lipinski definition) is 0. The third-order valence-electron chi connectivity index (χ3n) is 3.82. The molecular formula is C16H17FN2O4S. The van der Waals surface area contributed by atoms with Crippen LogP contribution in [0.3, 0.4) is 0 Å². The van der Waals surface area contributed by atoms with Crippen LogP contribution >= 0.6 is 0 Å². The monoisotopic (exact) mass is 352 g/mol. The molecule has 0 unspecified atom stereocenters. The summed E-state index contributed by atoms with van der Waals surface area (Å²) in [5.41, 5.74) is 1.33. The van der Waals surface area contributed by atoms with E-state index in [1.165, 1.54) is 37.4 Å². The summed E-state index contributed by atoms with van der Waals surface area (Å²) in [6.07, 6.45) is 0. The largest absolute Gasteiger partial charge is 0.271 e. The molecule has 128 valence electrons. The highest BCUT2D eigenvalue weighted by Gasteiger charge is 2.26. The van der Waals surface area contributed by atoms with Crippen LogP contribution in [0.25, 0.3) is 0 Å². The van der Waals surface area contributed by atoms with E-state index in [0.717, 1.165) is 10.4 Å². The molecule has 0 aromatic heterocycles. The van der Waals surface area contributed by atoms with Crippen LogP contribution in [-0.2, 0) is 16.6 Å². The van der Waals surface area contributed by atoms with Gasteiger partial charge in [-0.05, 0) is 42.7 Å². The fourth-order valence-corrected chi connectivity index (χ4v) is 3.75. The molecule has 8 heteroatoms. The first-order valence-corrected chi connectivity index (χ1v) is 8.53. The third kappa shape index (κ3) is 3.60. The van der Waals surface area contributed by atoms with Crippen molar-refractivity contribution in [2.24, 2.45) is 0 Å². The number of non-ortho nitro benzene ring substituents is 1. The van der Waals surface area contributed by atoms with Crippen molar-refractivity contribution in [3.8, 4) is 0 Å². The van der Waals surface area contributed by atoms with Gasteiger partial charge in [-0.1, -0.05) is 12.1 Å². The lowest BCUT2D eigenvalue weighted by Crippen LogP contribution is -2.27. The minimum Gasteiger partial charge on any atom is -0.258 e. The standard InChI is InChI=1S/C16H17FN2O4S/c1-11-8-15(19(20)21)9-16(12(11)2)24(22,23)18(3)10-13-4-6-14(17)7-5-13/h4-9H,10H2,1-3H3. The van der Waals surface area contributed by atoms with E-state index in [1.54, 1.807) is 13.8 Å². The van der Waals surface area contributed by atoms with Gasteiger partial charge in [0.1, 0.15) is 5.82 Å². The van der Waals surface area contributed by atoms with Gasteiger partial charge < -0.3 is 0 Å². The van der Waals surface area contributed by atoms with Gasteiger partial charge in [-0.2, -0.15) is 4.31 Å². The van der Waals surface area contributed by atoms with Crippen LogP contribution in [0.1, 0.15) is 16.7 Å². The van der Waals surface area contributed by atoms with E-state index in [9.17, 15) is 22.9 Å². The Bertz CT molecular complexity index is 880. The molecule has 0 spiro atoms. The summed E-state index contributed by atoms with van der Waals surface area (Å²) >= 11 is 0. The Morgan fingerprint density at radius 1 is 1.17 bits per heavy atom. The van der Waals surface area contributed by atoms with E-state index in [2.05, 4.69) is 0 Å². The average molecular weight is 352 g/mol. The zero-order chi connectivity index (χ0) is 18.1. The number of nitro benzene ring substituents is 1. The van der Waals surface area contributed by atoms with Crippen LogP contribution in [0.15, 0.2) is 41.3 Å². The summed E-state index contributed by atoms with van der Waals surface area (Å²) in [5, 5.41) is 11.0. The Hall–Kier alpha value is -2.32. The summed E-state index contributed by atoms with van der Waals surface area (Å²) in [6, 6.07) is 7.89. The average Bonchev–Trinajstić information content (AvgIpc) is 2.51. The highest BCUT2D eigenvalue weighted by Crippen LogP contribution is 2.28. The fourth-order valence-electron chi connectivity index (χ4n) is 2.28. The maximum atomic E-state index is 12.9. The lowest BCUT2D eigenvalue weighted by atomic mass is 10.1. The number of hydrogen-bond acceptors (Lipinski definition) is 4. The molecule has 0 amide bonds. The summed E-state index contributed by atoms with van der Waals surface area (Å²) < 4.78 is 39.6. The summed E-state index contributed by atoms with van der Waals surface area (Å²) in [4.78, 5) is 10.3. The fraction of sp³-hybridized carbons (Fsp3) is 0.250. The van der Waals surface area contributed by atoms with Gasteiger partial charge in [-0.25, -0.2) is 12.8 Å². The zero-order valence-corrected chi connectivity index (χ0v) is 14.3. The molecular weight excluding hydrogens is 335 g/mol. The van der Waals surface area contributed by atoms with Gasteiger partial charge in [0.25, 0.3) is 5.69 Å². The summed E-state index contributed by atoms with van der Waals surface area (Å²) in [5.74, 6) is -0.408. The van der Waals surface area contributed by atoms with E-state index in [0.29, 0.717) is 16.7 Å². The van der Waals surface area contributed by atoms with Crippen LogP contribution < -0.4 is 0 Å². The van der Waals surface area contributed by atoms with Gasteiger partial charge in [0, 0.05) is 25.7 Å². The van der Waals surface area contributed by atoms with Gasteiger partial charge >= 0.3 is 0 Å². The minimum atomic E-state index is -3.92. The summed E-state index contributed by atoms with van der Waals surface area (Å²) in [7, 11) is -2.54. The zero-order valence-electron chi connectivity index (χ0n) is 13.5. The van der Waals surface area contributed by atoms with Crippen molar-refractivity contribution in [2.45, 2.75) is 25.3 Å². The van der Waals surface area contributed by atoms with Gasteiger partial charge in [0.2, 0.25) is 10.0 Å². The molecule has 0 aliphatic carbocycles. The quantitative estimate of drug-likeness (QED) is 0.611.